The third kappa shape index (κ3) is 2.37. The molecule has 5 heteroatoms. The monoisotopic (exact) mass is 255 g/mol. The van der Waals surface area contributed by atoms with Crippen LogP contribution in [0.15, 0.2) is 46.1 Å². The van der Waals surface area contributed by atoms with Crippen LogP contribution in [0.4, 0.5) is 13.2 Å². The highest BCUT2D eigenvalue weighted by Crippen LogP contribution is 2.45. The number of allylic oxidation sites excluding steroid dienone is 2. The van der Waals surface area contributed by atoms with Gasteiger partial charge < -0.3 is 0 Å². The zero-order chi connectivity index (χ0) is 12.5. The minimum absolute atomic E-state index is 0.306. The summed E-state index contributed by atoms with van der Waals surface area (Å²) in [6, 6.07) is 5.19. The van der Waals surface area contributed by atoms with Crippen LogP contribution in [0.3, 0.4) is 0 Å². The standard InChI is InChI=1S/C12H8F3NS/c13-12(14,15)10-4-3-9(8-16)11(7-10)17-5-1-2-6-17/h1-7,17H. The SMILES string of the molecule is N#Cc1ccc(C(F)(F)F)cc1[SH]1C=CC=C1. The molecule has 0 spiro atoms. The van der Waals surface area contributed by atoms with Gasteiger partial charge in [-0.3, -0.25) is 0 Å². The van der Waals surface area contributed by atoms with E-state index in [1.54, 1.807) is 12.2 Å². The van der Waals surface area contributed by atoms with E-state index in [4.69, 9.17) is 5.26 Å². The summed E-state index contributed by atoms with van der Waals surface area (Å²) in [6.07, 6.45) is -0.800. The molecule has 1 aromatic rings. The van der Waals surface area contributed by atoms with Gasteiger partial charge in [-0.2, -0.15) is 29.3 Å². The Bertz CT molecular complexity index is 526. The van der Waals surface area contributed by atoms with Gasteiger partial charge in [0.15, 0.2) is 0 Å². The highest BCUT2D eigenvalue weighted by Gasteiger charge is 2.31. The predicted molar refractivity (Wildman–Crippen MR) is 61.7 cm³/mol. The maximum absolute atomic E-state index is 12.6. The zero-order valence-corrected chi connectivity index (χ0v) is 9.46. The normalized spacial score (nSPS) is 16.2. The van der Waals surface area contributed by atoms with E-state index in [0.29, 0.717) is 10.5 Å². The molecule has 1 heterocycles. The topological polar surface area (TPSA) is 23.8 Å². The first-order valence-electron chi connectivity index (χ1n) is 4.77. The molecule has 2 rings (SSSR count). The second-order valence-corrected chi connectivity index (χ2v) is 5.32. The first-order chi connectivity index (χ1) is 8.02. The van der Waals surface area contributed by atoms with E-state index in [-0.39, 0.29) is 0 Å². The molecule has 1 aliphatic heterocycles. The van der Waals surface area contributed by atoms with E-state index in [9.17, 15) is 13.2 Å². The van der Waals surface area contributed by atoms with Gasteiger partial charge in [-0.15, -0.1) is 0 Å². The van der Waals surface area contributed by atoms with Crippen LogP contribution < -0.4 is 0 Å². The summed E-state index contributed by atoms with van der Waals surface area (Å²) in [6.45, 7) is 0. The van der Waals surface area contributed by atoms with E-state index in [2.05, 4.69) is 0 Å². The summed E-state index contributed by atoms with van der Waals surface area (Å²) in [5.41, 5.74) is -0.400. The smallest absolute Gasteiger partial charge is 0.192 e. The summed E-state index contributed by atoms with van der Waals surface area (Å²) < 4.78 is 37.7. The number of hydrogen-bond donors (Lipinski definition) is 1. The minimum Gasteiger partial charge on any atom is -0.192 e. The van der Waals surface area contributed by atoms with Crippen LogP contribution in [0.1, 0.15) is 11.1 Å². The summed E-state index contributed by atoms with van der Waals surface area (Å²) in [5, 5.41) is 12.6. The van der Waals surface area contributed by atoms with E-state index >= 15 is 0 Å². The molecule has 1 aromatic carbocycles. The van der Waals surface area contributed by atoms with Crippen LogP contribution in [0, 0.1) is 11.3 Å². The van der Waals surface area contributed by atoms with E-state index < -0.39 is 22.6 Å². The Kier molecular flexibility index (Phi) is 2.99. The van der Waals surface area contributed by atoms with E-state index in [1.165, 1.54) is 6.07 Å². The molecule has 1 aliphatic rings. The third-order valence-corrected chi connectivity index (χ3v) is 4.24. The van der Waals surface area contributed by atoms with Gasteiger partial charge in [-0.25, -0.2) is 0 Å². The zero-order valence-electron chi connectivity index (χ0n) is 8.57. The fourth-order valence-corrected chi connectivity index (χ4v) is 3.19. The summed E-state index contributed by atoms with van der Waals surface area (Å²) in [4.78, 5) is 0.460. The average Bonchev–Trinajstić information content (AvgIpc) is 2.80. The lowest BCUT2D eigenvalue weighted by atomic mass is 10.1. The second-order valence-electron chi connectivity index (χ2n) is 3.43. The Balaban J connectivity index is 2.52. The van der Waals surface area contributed by atoms with Gasteiger partial charge in [-0.05, 0) is 29.0 Å². The number of hydrogen-bond acceptors (Lipinski definition) is 1. The van der Waals surface area contributed by atoms with Crippen molar-refractivity contribution < 1.29 is 13.2 Å². The molecule has 1 nitrogen and oxygen atoms in total. The lowest BCUT2D eigenvalue weighted by Crippen LogP contribution is -2.05. The molecule has 0 saturated carbocycles. The van der Waals surface area contributed by atoms with Gasteiger partial charge in [-0.1, -0.05) is 12.2 Å². The number of benzene rings is 1. The number of alkyl halides is 3. The molecular weight excluding hydrogens is 247 g/mol. The summed E-state index contributed by atoms with van der Waals surface area (Å²) in [7, 11) is -0.914. The molecule has 0 N–H and O–H groups in total. The molecule has 0 fully saturated rings. The Morgan fingerprint density at radius 1 is 1.12 bits per heavy atom. The van der Waals surface area contributed by atoms with Crippen molar-refractivity contribution in [3.05, 3.63) is 52.3 Å². The first kappa shape index (κ1) is 11.8. The van der Waals surface area contributed by atoms with Crippen LogP contribution in [-0.4, -0.2) is 0 Å². The van der Waals surface area contributed by atoms with Gasteiger partial charge >= 0.3 is 6.18 Å². The number of thiol groups is 1. The summed E-state index contributed by atoms with van der Waals surface area (Å²) in [5.74, 6) is 0. The van der Waals surface area contributed by atoms with Gasteiger partial charge in [0.05, 0.1) is 11.1 Å². The van der Waals surface area contributed by atoms with Crippen LogP contribution >= 0.6 is 10.9 Å². The lowest BCUT2D eigenvalue weighted by Gasteiger charge is -2.15. The van der Waals surface area contributed by atoms with Crippen molar-refractivity contribution in [1.29, 1.82) is 5.26 Å². The maximum Gasteiger partial charge on any atom is 0.416 e. The number of nitriles is 1. The van der Waals surface area contributed by atoms with Crippen LogP contribution in [0.5, 0.6) is 0 Å². The molecular formula is C12H8F3NS. The van der Waals surface area contributed by atoms with Crippen LogP contribution in [0.2, 0.25) is 0 Å². The lowest BCUT2D eigenvalue weighted by molar-refractivity contribution is -0.137. The molecule has 0 atom stereocenters. The van der Waals surface area contributed by atoms with Crippen molar-refractivity contribution >= 4 is 10.9 Å². The molecule has 0 aliphatic carbocycles. The van der Waals surface area contributed by atoms with Crippen molar-refractivity contribution in [2.24, 2.45) is 0 Å². The highest BCUT2D eigenvalue weighted by atomic mass is 32.2. The molecule has 0 aromatic heterocycles. The summed E-state index contributed by atoms with van der Waals surface area (Å²) >= 11 is 0. The number of nitrogens with zero attached hydrogens (tertiary/aromatic N) is 1. The third-order valence-electron chi connectivity index (χ3n) is 2.33. The Morgan fingerprint density at radius 2 is 1.76 bits per heavy atom. The molecule has 0 radical (unpaired) electrons. The first-order valence-corrected chi connectivity index (χ1v) is 6.25. The molecule has 88 valence electrons. The van der Waals surface area contributed by atoms with Crippen molar-refractivity contribution in [3.63, 3.8) is 0 Å². The van der Waals surface area contributed by atoms with Gasteiger partial charge in [0.25, 0.3) is 0 Å². The largest absolute Gasteiger partial charge is 0.416 e. The van der Waals surface area contributed by atoms with Crippen LogP contribution in [0.25, 0.3) is 0 Å². The molecule has 0 saturated heterocycles. The number of rotatable bonds is 1. The van der Waals surface area contributed by atoms with Crippen LogP contribution in [-0.2, 0) is 6.18 Å². The predicted octanol–water partition coefficient (Wildman–Crippen LogP) is 3.98. The maximum atomic E-state index is 12.6. The molecule has 0 amide bonds. The van der Waals surface area contributed by atoms with E-state index in [0.717, 1.165) is 12.1 Å². The van der Waals surface area contributed by atoms with Crippen molar-refractivity contribution in [2.45, 2.75) is 11.1 Å². The van der Waals surface area contributed by atoms with E-state index in [1.807, 2.05) is 16.9 Å². The Hall–Kier alpha value is -1.67. The fraction of sp³-hybridized carbons (Fsp3) is 0.0833. The van der Waals surface area contributed by atoms with Crippen molar-refractivity contribution in [3.8, 4) is 6.07 Å². The highest BCUT2D eigenvalue weighted by molar-refractivity contribution is 8.22. The Morgan fingerprint density at radius 3 is 2.29 bits per heavy atom. The molecule has 0 bridgehead atoms. The second kappa shape index (κ2) is 4.30. The van der Waals surface area contributed by atoms with Crippen molar-refractivity contribution in [2.75, 3.05) is 0 Å². The van der Waals surface area contributed by atoms with Crippen molar-refractivity contribution in [1.82, 2.24) is 0 Å². The molecule has 0 unspecified atom stereocenters. The molecule has 17 heavy (non-hydrogen) atoms. The van der Waals surface area contributed by atoms with Gasteiger partial charge in [0, 0.05) is 4.90 Å². The average molecular weight is 255 g/mol. The van der Waals surface area contributed by atoms with Gasteiger partial charge in [0.2, 0.25) is 0 Å². The minimum atomic E-state index is -4.37. The fourth-order valence-electron chi connectivity index (χ4n) is 1.51. The number of halogens is 3. The quantitative estimate of drug-likeness (QED) is 0.754. The Labute approximate surface area is 99.2 Å². The van der Waals surface area contributed by atoms with Gasteiger partial charge in [0.1, 0.15) is 6.07 Å².